The molecular formula is C17H18N2O2. The van der Waals surface area contributed by atoms with Crippen LogP contribution in [0.5, 0.6) is 5.75 Å². The quantitative estimate of drug-likeness (QED) is 0.793. The van der Waals surface area contributed by atoms with Crippen LogP contribution in [-0.2, 0) is 6.42 Å². The fraction of sp³-hybridized carbons (Fsp3) is 0.235. The highest BCUT2D eigenvalue weighted by atomic mass is 16.3. The normalized spacial score (nSPS) is 16.7. The van der Waals surface area contributed by atoms with Gasteiger partial charge in [0.05, 0.1) is 11.6 Å². The number of amides is 1. The van der Waals surface area contributed by atoms with Crippen LogP contribution >= 0.6 is 0 Å². The second kappa shape index (κ2) is 5.48. The number of carbonyl (C=O) groups excluding carboxylic acids is 1. The summed E-state index contributed by atoms with van der Waals surface area (Å²) < 4.78 is 0. The van der Waals surface area contributed by atoms with E-state index in [4.69, 9.17) is 0 Å². The van der Waals surface area contributed by atoms with Crippen molar-refractivity contribution in [2.75, 3.05) is 11.9 Å². The number of phenols is 1. The van der Waals surface area contributed by atoms with E-state index in [9.17, 15) is 9.90 Å². The molecule has 0 saturated carbocycles. The summed E-state index contributed by atoms with van der Waals surface area (Å²) in [5.74, 6) is -0.218. The number of benzene rings is 2. The fourth-order valence-corrected chi connectivity index (χ4v) is 2.64. The largest absolute Gasteiger partial charge is 0.507 e. The summed E-state index contributed by atoms with van der Waals surface area (Å²) in [7, 11) is 0. The molecule has 1 aliphatic heterocycles. The van der Waals surface area contributed by atoms with Crippen LogP contribution in [0, 0.1) is 6.92 Å². The first-order chi connectivity index (χ1) is 10.1. The number of hydrogen-bond acceptors (Lipinski definition) is 3. The second-order valence-corrected chi connectivity index (χ2v) is 5.43. The van der Waals surface area contributed by atoms with Crippen molar-refractivity contribution in [2.24, 2.45) is 0 Å². The van der Waals surface area contributed by atoms with E-state index in [1.54, 1.807) is 18.2 Å². The van der Waals surface area contributed by atoms with E-state index in [0.717, 1.165) is 17.7 Å². The number of para-hydroxylation sites is 1. The lowest BCUT2D eigenvalue weighted by Crippen LogP contribution is -2.43. The highest BCUT2D eigenvalue weighted by molar-refractivity contribution is 5.97. The van der Waals surface area contributed by atoms with Gasteiger partial charge in [-0.2, -0.15) is 0 Å². The van der Waals surface area contributed by atoms with Gasteiger partial charge < -0.3 is 15.7 Å². The van der Waals surface area contributed by atoms with Crippen molar-refractivity contribution in [3.8, 4) is 5.75 Å². The summed E-state index contributed by atoms with van der Waals surface area (Å²) in [6, 6.07) is 13.2. The van der Waals surface area contributed by atoms with Crippen LogP contribution in [0.1, 0.15) is 21.5 Å². The van der Waals surface area contributed by atoms with E-state index >= 15 is 0 Å². The van der Waals surface area contributed by atoms with Crippen LogP contribution in [0.15, 0.2) is 42.5 Å². The van der Waals surface area contributed by atoms with Crippen molar-refractivity contribution < 1.29 is 9.90 Å². The van der Waals surface area contributed by atoms with Crippen LogP contribution in [0.3, 0.4) is 0 Å². The number of carbonyl (C=O) groups is 1. The first-order valence-electron chi connectivity index (χ1n) is 7.06. The molecule has 0 spiro atoms. The van der Waals surface area contributed by atoms with Gasteiger partial charge in [0, 0.05) is 12.2 Å². The van der Waals surface area contributed by atoms with Crippen molar-refractivity contribution >= 4 is 11.6 Å². The third-order valence-corrected chi connectivity index (χ3v) is 3.75. The molecule has 1 amide bonds. The number of rotatable bonds is 2. The lowest BCUT2D eigenvalue weighted by atomic mass is 9.99. The summed E-state index contributed by atoms with van der Waals surface area (Å²) in [6.45, 7) is 2.59. The third-order valence-electron chi connectivity index (χ3n) is 3.75. The number of hydrogen-bond donors (Lipinski definition) is 3. The van der Waals surface area contributed by atoms with Gasteiger partial charge in [0.1, 0.15) is 5.75 Å². The highest BCUT2D eigenvalue weighted by Crippen LogP contribution is 2.22. The molecule has 0 bridgehead atoms. The monoisotopic (exact) mass is 282 g/mol. The maximum atomic E-state index is 12.3. The number of aryl methyl sites for hydroxylation is 1. The average Bonchev–Trinajstić information content (AvgIpc) is 2.49. The topological polar surface area (TPSA) is 61.4 Å². The summed E-state index contributed by atoms with van der Waals surface area (Å²) in [5, 5.41) is 16.1. The molecule has 3 N–H and O–H groups in total. The summed E-state index contributed by atoms with van der Waals surface area (Å²) >= 11 is 0. The second-order valence-electron chi connectivity index (χ2n) is 5.43. The minimum atomic E-state index is -0.234. The Bertz CT molecular complexity index is 682. The summed E-state index contributed by atoms with van der Waals surface area (Å²) in [6.07, 6.45) is 0.793. The van der Waals surface area contributed by atoms with Crippen LogP contribution in [0.2, 0.25) is 0 Å². The molecule has 0 aromatic heterocycles. The van der Waals surface area contributed by atoms with Gasteiger partial charge >= 0.3 is 0 Å². The molecule has 2 aromatic rings. The maximum absolute atomic E-state index is 12.3. The van der Waals surface area contributed by atoms with Crippen LogP contribution in [0.25, 0.3) is 0 Å². The first kappa shape index (κ1) is 13.5. The van der Waals surface area contributed by atoms with Gasteiger partial charge in [-0.15, -0.1) is 0 Å². The molecule has 3 rings (SSSR count). The van der Waals surface area contributed by atoms with Crippen molar-refractivity contribution in [1.82, 2.24) is 5.32 Å². The smallest absolute Gasteiger partial charge is 0.255 e. The van der Waals surface area contributed by atoms with Gasteiger partial charge in [-0.05, 0) is 37.1 Å². The van der Waals surface area contributed by atoms with Gasteiger partial charge in [-0.1, -0.05) is 29.8 Å². The standard InChI is InChI=1S/C17H18N2O2/c1-11-6-7-16(20)14(8-11)17(21)19-13-9-12-4-2-3-5-15(12)18-10-13/h2-8,13,18,20H,9-10H2,1H3,(H,19,21). The molecule has 2 aromatic carbocycles. The van der Waals surface area contributed by atoms with Gasteiger partial charge in [-0.25, -0.2) is 0 Å². The Kier molecular flexibility index (Phi) is 3.52. The molecule has 4 heteroatoms. The van der Waals surface area contributed by atoms with Gasteiger partial charge in [0.25, 0.3) is 5.91 Å². The van der Waals surface area contributed by atoms with Gasteiger partial charge in [0.15, 0.2) is 0 Å². The number of anilines is 1. The van der Waals surface area contributed by atoms with Crippen LogP contribution in [-0.4, -0.2) is 23.6 Å². The molecule has 1 unspecified atom stereocenters. The molecule has 1 aliphatic rings. The van der Waals surface area contributed by atoms with Gasteiger partial charge in [0.2, 0.25) is 0 Å². The van der Waals surface area contributed by atoms with Crippen LogP contribution in [0.4, 0.5) is 5.69 Å². The fourth-order valence-electron chi connectivity index (χ4n) is 2.64. The Morgan fingerprint density at radius 1 is 1.29 bits per heavy atom. The summed E-state index contributed by atoms with van der Waals surface area (Å²) in [4.78, 5) is 12.3. The number of phenolic OH excluding ortho intramolecular Hbond substituents is 1. The van der Waals surface area contributed by atoms with E-state index in [1.165, 1.54) is 5.56 Å². The number of fused-ring (bicyclic) bond motifs is 1. The third kappa shape index (κ3) is 2.84. The molecule has 0 saturated heterocycles. The van der Waals surface area contributed by atoms with Crippen molar-refractivity contribution in [2.45, 2.75) is 19.4 Å². The van der Waals surface area contributed by atoms with Crippen molar-refractivity contribution in [1.29, 1.82) is 0 Å². The molecule has 108 valence electrons. The zero-order valence-corrected chi connectivity index (χ0v) is 11.9. The Labute approximate surface area is 123 Å². The molecule has 0 fully saturated rings. The minimum absolute atomic E-state index is 0.0160. The minimum Gasteiger partial charge on any atom is -0.507 e. The van der Waals surface area contributed by atoms with Crippen molar-refractivity contribution in [3.63, 3.8) is 0 Å². The summed E-state index contributed by atoms with van der Waals surface area (Å²) in [5.41, 5.74) is 3.60. The predicted octanol–water partition coefficient (Wildman–Crippen LogP) is 2.47. The Balaban J connectivity index is 1.73. The molecule has 21 heavy (non-hydrogen) atoms. The lowest BCUT2D eigenvalue weighted by molar-refractivity contribution is 0.0935. The van der Waals surface area contributed by atoms with E-state index in [0.29, 0.717) is 12.1 Å². The van der Waals surface area contributed by atoms with E-state index in [-0.39, 0.29) is 17.7 Å². The molecule has 0 aliphatic carbocycles. The number of nitrogens with one attached hydrogen (secondary N) is 2. The predicted molar refractivity (Wildman–Crippen MR) is 82.7 cm³/mol. The Morgan fingerprint density at radius 2 is 2.10 bits per heavy atom. The maximum Gasteiger partial charge on any atom is 0.255 e. The molecule has 1 heterocycles. The van der Waals surface area contributed by atoms with Crippen molar-refractivity contribution in [3.05, 3.63) is 59.2 Å². The average molecular weight is 282 g/mol. The zero-order valence-electron chi connectivity index (χ0n) is 11.9. The zero-order chi connectivity index (χ0) is 14.8. The molecule has 4 nitrogen and oxygen atoms in total. The van der Waals surface area contributed by atoms with E-state index in [1.807, 2.05) is 25.1 Å². The Hall–Kier alpha value is -2.49. The highest BCUT2D eigenvalue weighted by Gasteiger charge is 2.21. The van der Waals surface area contributed by atoms with E-state index in [2.05, 4.69) is 16.7 Å². The molecule has 0 radical (unpaired) electrons. The van der Waals surface area contributed by atoms with Gasteiger partial charge in [-0.3, -0.25) is 4.79 Å². The first-order valence-corrected chi connectivity index (χ1v) is 7.06. The van der Waals surface area contributed by atoms with E-state index < -0.39 is 0 Å². The van der Waals surface area contributed by atoms with Crippen LogP contribution < -0.4 is 10.6 Å². The SMILES string of the molecule is Cc1ccc(O)c(C(=O)NC2CNc3ccccc3C2)c1. The number of aromatic hydroxyl groups is 1. The molecule has 1 atom stereocenters. The Morgan fingerprint density at radius 3 is 2.95 bits per heavy atom. The molecular weight excluding hydrogens is 264 g/mol. The lowest BCUT2D eigenvalue weighted by Gasteiger charge is -2.27.